The van der Waals surface area contributed by atoms with Crippen LogP contribution in [0.25, 0.3) is 0 Å². The van der Waals surface area contributed by atoms with E-state index in [0.29, 0.717) is 0 Å². The van der Waals surface area contributed by atoms with Gasteiger partial charge >= 0.3 is 0 Å². The number of likely N-dealkylation sites (tertiary alicyclic amines) is 1. The summed E-state index contributed by atoms with van der Waals surface area (Å²) in [5.41, 5.74) is 0. The van der Waals surface area contributed by atoms with E-state index in [1.54, 1.807) is 0 Å². The molecule has 0 atom stereocenters. The Labute approximate surface area is 162 Å². The molecule has 0 amide bonds. The van der Waals surface area contributed by atoms with Gasteiger partial charge in [-0.2, -0.15) is 0 Å². The van der Waals surface area contributed by atoms with E-state index in [4.69, 9.17) is 0 Å². The molecule has 6 heteroatoms. The Morgan fingerprint density at radius 2 is 2.13 bits per heavy atom. The van der Waals surface area contributed by atoms with E-state index in [1.165, 1.54) is 43.8 Å². The van der Waals surface area contributed by atoms with Gasteiger partial charge in [0.25, 0.3) is 0 Å². The van der Waals surface area contributed by atoms with Gasteiger partial charge in [0.1, 0.15) is 0 Å². The van der Waals surface area contributed by atoms with Gasteiger partial charge in [-0.25, -0.2) is 0 Å². The second kappa shape index (κ2) is 12.1. The first kappa shape index (κ1) is 20.7. The average Bonchev–Trinajstić information content (AvgIpc) is 3.06. The van der Waals surface area contributed by atoms with Crippen molar-refractivity contribution in [1.82, 2.24) is 15.5 Å². The van der Waals surface area contributed by atoms with Gasteiger partial charge in [0, 0.05) is 25.0 Å². The molecule has 1 fully saturated rings. The van der Waals surface area contributed by atoms with Gasteiger partial charge in [-0.3, -0.25) is 4.99 Å². The summed E-state index contributed by atoms with van der Waals surface area (Å²) in [4.78, 5) is 8.33. The lowest BCUT2D eigenvalue weighted by molar-refractivity contribution is 0.185. The zero-order chi connectivity index (χ0) is 15.6. The van der Waals surface area contributed by atoms with E-state index >= 15 is 0 Å². The molecule has 132 valence electrons. The van der Waals surface area contributed by atoms with Crippen molar-refractivity contribution in [3.05, 3.63) is 22.4 Å². The number of rotatable bonds is 7. The van der Waals surface area contributed by atoms with Crippen LogP contribution in [0.5, 0.6) is 0 Å². The Bertz CT molecular complexity index is 428. The Morgan fingerprint density at radius 3 is 2.74 bits per heavy atom. The molecular weight excluding hydrogens is 419 g/mol. The van der Waals surface area contributed by atoms with Crippen LogP contribution in [-0.4, -0.2) is 50.6 Å². The van der Waals surface area contributed by atoms with Crippen LogP contribution in [0.4, 0.5) is 0 Å². The first-order chi connectivity index (χ1) is 10.8. The predicted octanol–water partition coefficient (Wildman–Crippen LogP) is 3.20. The van der Waals surface area contributed by atoms with E-state index in [-0.39, 0.29) is 24.0 Å². The molecule has 4 nitrogen and oxygen atoms in total. The lowest BCUT2D eigenvalue weighted by Crippen LogP contribution is -2.43. The third-order valence-corrected chi connectivity index (χ3v) is 5.21. The van der Waals surface area contributed by atoms with Crippen LogP contribution >= 0.6 is 35.3 Å². The topological polar surface area (TPSA) is 39.7 Å². The highest BCUT2D eigenvalue weighted by Crippen LogP contribution is 2.16. The number of guanidine groups is 1. The molecule has 1 aromatic heterocycles. The fourth-order valence-electron chi connectivity index (χ4n) is 2.95. The summed E-state index contributed by atoms with van der Waals surface area (Å²) in [5.74, 6) is 1.72. The van der Waals surface area contributed by atoms with Gasteiger partial charge in [0.15, 0.2) is 5.96 Å². The Kier molecular flexibility index (Phi) is 10.9. The number of halogens is 1. The molecule has 1 aromatic rings. The van der Waals surface area contributed by atoms with Crippen molar-refractivity contribution in [2.75, 3.05) is 39.8 Å². The summed E-state index contributed by atoms with van der Waals surface area (Å²) in [6.45, 7) is 8.01. The van der Waals surface area contributed by atoms with E-state index in [0.717, 1.165) is 31.4 Å². The SMILES string of the molecule is CCCN1CCC(CNC(=NC)NCCc2cccs2)CC1.I. The largest absolute Gasteiger partial charge is 0.356 e. The van der Waals surface area contributed by atoms with Crippen molar-refractivity contribution in [3.8, 4) is 0 Å². The number of aliphatic imine (C=N–C) groups is 1. The lowest BCUT2D eigenvalue weighted by atomic mass is 9.97. The molecule has 1 aliphatic heterocycles. The molecule has 2 heterocycles. The number of nitrogens with zero attached hydrogens (tertiary/aromatic N) is 2. The van der Waals surface area contributed by atoms with E-state index in [9.17, 15) is 0 Å². The number of piperidine rings is 1. The lowest BCUT2D eigenvalue weighted by Gasteiger charge is -2.32. The van der Waals surface area contributed by atoms with Gasteiger partial charge in [-0.1, -0.05) is 13.0 Å². The van der Waals surface area contributed by atoms with E-state index in [1.807, 2.05) is 18.4 Å². The van der Waals surface area contributed by atoms with Crippen molar-refractivity contribution in [1.29, 1.82) is 0 Å². The van der Waals surface area contributed by atoms with Crippen LogP contribution in [0.3, 0.4) is 0 Å². The maximum atomic E-state index is 4.32. The molecule has 1 saturated heterocycles. The smallest absolute Gasteiger partial charge is 0.190 e. The molecule has 0 unspecified atom stereocenters. The number of hydrogen-bond donors (Lipinski definition) is 2. The number of thiophene rings is 1. The van der Waals surface area contributed by atoms with Gasteiger partial charge in [-0.05, 0) is 62.7 Å². The van der Waals surface area contributed by atoms with Crippen molar-refractivity contribution >= 4 is 41.3 Å². The van der Waals surface area contributed by atoms with Crippen LogP contribution in [0.1, 0.15) is 31.1 Å². The highest BCUT2D eigenvalue weighted by Gasteiger charge is 2.18. The third-order valence-electron chi connectivity index (χ3n) is 4.27. The fraction of sp³-hybridized carbons (Fsp3) is 0.706. The van der Waals surface area contributed by atoms with Gasteiger partial charge in [0.05, 0.1) is 0 Å². The molecule has 0 bridgehead atoms. The minimum atomic E-state index is 0. The summed E-state index contributed by atoms with van der Waals surface area (Å²) in [6.07, 6.45) is 4.94. The van der Waals surface area contributed by atoms with Crippen LogP contribution in [-0.2, 0) is 6.42 Å². The highest BCUT2D eigenvalue weighted by atomic mass is 127. The summed E-state index contributed by atoms with van der Waals surface area (Å²) in [6, 6.07) is 4.30. The Balaban J connectivity index is 0.00000264. The van der Waals surface area contributed by atoms with E-state index in [2.05, 4.69) is 45.0 Å². The van der Waals surface area contributed by atoms with Crippen molar-refractivity contribution < 1.29 is 0 Å². The molecule has 1 aliphatic rings. The molecule has 0 saturated carbocycles. The average molecular weight is 450 g/mol. The number of nitrogens with one attached hydrogen (secondary N) is 2. The molecule has 2 N–H and O–H groups in total. The second-order valence-corrected chi connectivity index (χ2v) is 7.03. The molecular formula is C17H31IN4S. The normalized spacial score (nSPS) is 16.9. The van der Waals surface area contributed by atoms with Crippen molar-refractivity contribution in [2.45, 2.75) is 32.6 Å². The number of hydrogen-bond acceptors (Lipinski definition) is 3. The first-order valence-corrected chi connectivity index (χ1v) is 9.39. The van der Waals surface area contributed by atoms with Crippen LogP contribution in [0.15, 0.2) is 22.5 Å². The highest BCUT2D eigenvalue weighted by molar-refractivity contribution is 14.0. The maximum absolute atomic E-state index is 4.32. The molecule has 23 heavy (non-hydrogen) atoms. The summed E-state index contributed by atoms with van der Waals surface area (Å²) < 4.78 is 0. The van der Waals surface area contributed by atoms with Gasteiger partial charge in [-0.15, -0.1) is 35.3 Å². The Morgan fingerprint density at radius 1 is 1.35 bits per heavy atom. The molecule has 0 aliphatic carbocycles. The Hall–Kier alpha value is -0.340. The third kappa shape index (κ3) is 7.85. The van der Waals surface area contributed by atoms with Crippen LogP contribution < -0.4 is 10.6 Å². The minimum absolute atomic E-state index is 0. The fourth-order valence-corrected chi connectivity index (χ4v) is 3.66. The van der Waals surface area contributed by atoms with Crippen LogP contribution in [0.2, 0.25) is 0 Å². The van der Waals surface area contributed by atoms with Gasteiger partial charge < -0.3 is 15.5 Å². The quantitative estimate of drug-likeness (QED) is 0.381. The summed E-state index contributed by atoms with van der Waals surface area (Å²) >= 11 is 1.82. The van der Waals surface area contributed by atoms with Crippen molar-refractivity contribution in [2.24, 2.45) is 10.9 Å². The summed E-state index contributed by atoms with van der Waals surface area (Å²) in [5, 5.41) is 9.03. The predicted molar refractivity (Wildman–Crippen MR) is 112 cm³/mol. The minimum Gasteiger partial charge on any atom is -0.356 e. The van der Waals surface area contributed by atoms with Crippen molar-refractivity contribution in [3.63, 3.8) is 0 Å². The second-order valence-electron chi connectivity index (χ2n) is 5.99. The molecule has 0 aromatic carbocycles. The van der Waals surface area contributed by atoms with Crippen LogP contribution in [0, 0.1) is 5.92 Å². The standard InChI is InChI=1S/C17H30N4S.HI/c1-3-10-21-11-7-15(8-12-21)14-20-17(18-2)19-9-6-16-5-4-13-22-16;/h4-5,13,15H,3,6-12,14H2,1-2H3,(H2,18,19,20);1H. The summed E-state index contributed by atoms with van der Waals surface area (Å²) in [7, 11) is 1.85. The molecule has 0 spiro atoms. The van der Waals surface area contributed by atoms with E-state index < -0.39 is 0 Å². The maximum Gasteiger partial charge on any atom is 0.190 e. The zero-order valence-corrected chi connectivity index (χ0v) is 17.5. The first-order valence-electron chi connectivity index (χ1n) is 8.51. The zero-order valence-electron chi connectivity index (χ0n) is 14.4. The monoisotopic (exact) mass is 450 g/mol. The molecule has 0 radical (unpaired) electrons. The van der Waals surface area contributed by atoms with Gasteiger partial charge in [0.2, 0.25) is 0 Å². The molecule has 2 rings (SSSR count).